The molecule has 0 spiro atoms. The Balaban J connectivity index is 1.63. The number of amides is 1. The highest BCUT2D eigenvalue weighted by molar-refractivity contribution is 9.10. The highest BCUT2D eigenvalue weighted by Crippen LogP contribution is 2.30. The Kier molecular flexibility index (Phi) is 5.27. The Morgan fingerprint density at radius 1 is 1.21 bits per heavy atom. The van der Waals surface area contributed by atoms with Crippen molar-refractivity contribution in [1.82, 2.24) is 15.3 Å². The van der Waals surface area contributed by atoms with Crippen LogP contribution in [-0.2, 0) is 0 Å². The van der Waals surface area contributed by atoms with E-state index in [0.29, 0.717) is 23.7 Å². The van der Waals surface area contributed by atoms with E-state index in [1.54, 1.807) is 30.7 Å². The average Bonchev–Trinajstić information content (AvgIpc) is 2.59. The van der Waals surface area contributed by atoms with Gasteiger partial charge in [0.05, 0.1) is 16.1 Å². The number of fused-ring (bicyclic) bond motifs is 1. The van der Waals surface area contributed by atoms with Crippen LogP contribution in [0.5, 0.6) is 0 Å². The third-order valence-electron chi connectivity index (χ3n) is 3.41. The maximum atomic E-state index is 11.9. The second kappa shape index (κ2) is 7.59. The van der Waals surface area contributed by atoms with Gasteiger partial charge in [0.2, 0.25) is 0 Å². The minimum Gasteiger partial charge on any atom is -0.383 e. The van der Waals surface area contributed by atoms with Crippen LogP contribution in [0.25, 0.3) is 10.9 Å². The van der Waals surface area contributed by atoms with Gasteiger partial charge < -0.3 is 10.6 Å². The number of halogens is 2. The first-order valence-corrected chi connectivity index (χ1v) is 8.48. The van der Waals surface area contributed by atoms with E-state index >= 15 is 0 Å². The Hall–Kier alpha value is -2.18. The van der Waals surface area contributed by atoms with Crippen LogP contribution in [0.3, 0.4) is 0 Å². The second-order valence-corrected chi connectivity index (χ2v) is 6.39. The topological polar surface area (TPSA) is 66.9 Å². The van der Waals surface area contributed by atoms with Gasteiger partial charge in [-0.25, -0.2) is 0 Å². The van der Waals surface area contributed by atoms with Gasteiger partial charge in [-0.2, -0.15) is 0 Å². The number of anilines is 1. The summed E-state index contributed by atoms with van der Waals surface area (Å²) in [5.41, 5.74) is 2.20. The molecular weight excluding hydrogens is 392 g/mol. The Bertz CT molecular complexity index is 873. The van der Waals surface area contributed by atoms with Crippen molar-refractivity contribution in [2.24, 2.45) is 0 Å². The van der Waals surface area contributed by atoms with Crippen molar-refractivity contribution in [2.45, 2.75) is 0 Å². The summed E-state index contributed by atoms with van der Waals surface area (Å²) < 4.78 is 0.890. The van der Waals surface area contributed by atoms with Gasteiger partial charge in [0.25, 0.3) is 5.91 Å². The van der Waals surface area contributed by atoms with Gasteiger partial charge in [-0.1, -0.05) is 27.5 Å². The van der Waals surface area contributed by atoms with Crippen LogP contribution in [0.1, 0.15) is 10.4 Å². The molecule has 3 aromatic rings. The molecule has 0 radical (unpaired) electrons. The molecule has 0 unspecified atom stereocenters. The molecule has 5 nitrogen and oxygen atoms in total. The zero-order valence-electron chi connectivity index (χ0n) is 12.6. The number of nitrogens with zero attached hydrogens (tertiary/aromatic N) is 2. The average molecular weight is 406 g/mol. The largest absolute Gasteiger partial charge is 0.383 e. The van der Waals surface area contributed by atoms with Gasteiger partial charge in [-0.05, 0) is 30.3 Å². The van der Waals surface area contributed by atoms with Crippen molar-refractivity contribution in [3.05, 3.63) is 64.0 Å². The van der Waals surface area contributed by atoms with E-state index < -0.39 is 0 Å². The van der Waals surface area contributed by atoms with E-state index in [1.165, 1.54) is 0 Å². The first-order valence-electron chi connectivity index (χ1n) is 7.31. The smallest absolute Gasteiger partial charge is 0.252 e. The molecule has 0 fully saturated rings. The molecule has 2 heterocycles. The lowest BCUT2D eigenvalue weighted by Crippen LogP contribution is -2.28. The second-order valence-electron chi connectivity index (χ2n) is 5.07. The van der Waals surface area contributed by atoms with E-state index in [1.807, 2.05) is 18.2 Å². The van der Waals surface area contributed by atoms with Crippen LogP contribution < -0.4 is 10.6 Å². The summed E-state index contributed by atoms with van der Waals surface area (Å²) in [7, 11) is 0. The number of aromatic nitrogens is 2. The molecule has 1 amide bonds. The third-order valence-corrected chi connectivity index (χ3v) is 4.16. The molecule has 2 aromatic heterocycles. The summed E-state index contributed by atoms with van der Waals surface area (Å²) in [5.74, 6) is -0.143. The van der Waals surface area contributed by atoms with E-state index in [-0.39, 0.29) is 5.91 Å². The molecule has 122 valence electrons. The van der Waals surface area contributed by atoms with Crippen LogP contribution in [0.2, 0.25) is 5.02 Å². The maximum absolute atomic E-state index is 11.9. The summed E-state index contributed by atoms with van der Waals surface area (Å²) in [4.78, 5) is 20.2. The summed E-state index contributed by atoms with van der Waals surface area (Å²) in [6.45, 7) is 1.06. The lowest BCUT2D eigenvalue weighted by atomic mass is 10.2. The van der Waals surface area contributed by atoms with E-state index in [2.05, 4.69) is 36.5 Å². The van der Waals surface area contributed by atoms with Crippen LogP contribution in [-0.4, -0.2) is 29.0 Å². The molecule has 1 aromatic carbocycles. The number of rotatable bonds is 5. The van der Waals surface area contributed by atoms with Crippen molar-refractivity contribution in [2.75, 3.05) is 18.4 Å². The molecule has 0 saturated heterocycles. The summed E-state index contributed by atoms with van der Waals surface area (Å²) in [5, 5.41) is 7.66. The van der Waals surface area contributed by atoms with E-state index in [4.69, 9.17) is 11.6 Å². The number of nitrogens with one attached hydrogen (secondary N) is 2. The zero-order valence-corrected chi connectivity index (χ0v) is 14.9. The Labute approximate surface area is 152 Å². The predicted molar refractivity (Wildman–Crippen MR) is 99.5 cm³/mol. The lowest BCUT2D eigenvalue weighted by Gasteiger charge is -2.11. The number of hydrogen-bond donors (Lipinski definition) is 2. The zero-order chi connectivity index (χ0) is 16.9. The number of benzene rings is 1. The molecule has 0 bridgehead atoms. The standard InChI is InChI=1S/C17H14BrClN4O/c18-12-8-13-15(3-5-22-16(13)14(19)9-12)21-6-7-23-17(24)11-2-1-4-20-10-11/h1-5,8-10H,6-7H2,(H,21,22)(H,23,24). The van der Waals surface area contributed by atoms with Crippen molar-refractivity contribution >= 4 is 50.0 Å². The van der Waals surface area contributed by atoms with Crippen LogP contribution >= 0.6 is 27.5 Å². The van der Waals surface area contributed by atoms with Crippen molar-refractivity contribution in [3.63, 3.8) is 0 Å². The number of pyridine rings is 2. The van der Waals surface area contributed by atoms with Gasteiger partial charge in [0.1, 0.15) is 0 Å². The van der Waals surface area contributed by atoms with Crippen LogP contribution in [0, 0.1) is 0 Å². The first kappa shape index (κ1) is 16.7. The highest BCUT2D eigenvalue weighted by Gasteiger charge is 2.07. The quantitative estimate of drug-likeness (QED) is 0.632. The Morgan fingerprint density at radius 2 is 2.08 bits per heavy atom. The molecule has 0 aliphatic rings. The van der Waals surface area contributed by atoms with Gasteiger partial charge >= 0.3 is 0 Å². The number of carbonyl (C=O) groups excluding carboxylic acids is 1. The van der Waals surface area contributed by atoms with Gasteiger partial charge in [0.15, 0.2) is 0 Å². The van der Waals surface area contributed by atoms with Crippen molar-refractivity contribution in [3.8, 4) is 0 Å². The highest BCUT2D eigenvalue weighted by atomic mass is 79.9. The summed E-state index contributed by atoms with van der Waals surface area (Å²) in [6, 6.07) is 9.12. The maximum Gasteiger partial charge on any atom is 0.252 e. The summed E-state index contributed by atoms with van der Waals surface area (Å²) >= 11 is 9.66. The first-order chi connectivity index (χ1) is 11.6. The number of hydrogen-bond acceptors (Lipinski definition) is 4. The fourth-order valence-electron chi connectivity index (χ4n) is 2.31. The minimum absolute atomic E-state index is 0.143. The molecule has 0 atom stereocenters. The molecular formula is C17H14BrClN4O. The normalized spacial score (nSPS) is 10.6. The molecule has 0 saturated carbocycles. The predicted octanol–water partition coefficient (Wildman–Crippen LogP) is 3.89. The fraction of sp³-hybridized carbons (Fsp3) is 0.118. The molecule has 2 N–H and O–H groups in total. The third kappa shape index (κ3) is 3.83. The molecule has 0 aliphatic carbocycles. The van der Waals surface area contributed by atoms with E-state index in [0.717, 1.165) is 21.1 Å². The fourth-order valence-corrected chi connectivity index (χ4v) is 3.16. The lowest BCUT2D eigenvalue weighted by molar-refractivity contribution is 0.0955. The molecule has 24 heavy (non-hydrogen) atoms. The van der Waals surface area contributed by atoms with Crippen molar-refractivity contribution in [1.29, 1.82) is 0 Å². The monoisotopic (exact) mass is 404 g/mol. The van der Waals surface area contributed by atoms with Gasteiger partial charge in [0, 0.05) is 47.2 Å². The SMILES string of the molecule is O=C(NCCNc1ccnc2c(Cl)cc(Br)cc12)c1cccnc1. The summed E-state index contributed by atoms with van der Waals surface area (Å²) in [6.07, 6.45) is 4.88. The van der Waals surface area contributed by atoms with Crippen molar-refractivity contribution < 1.29 is 4.79 Å². The molecule has 7 heteroatoms. The number of carbonyl (C=O) groups is 1. The molecule has 0 aliphatic heterocycles. The minimum atomic E-state index is -0.143. The van der Waals surface area contributed by atoms with Gasteiger partial charge in [-0.3, -0.25) is 14.8 Å². The van der Waals surface area contributed by atoms with Gasteiger partial charge in [-0.15, -0.1) is 0 Å². The van der Waals surface area contributed by atoms with Crippen LogP contribution in [0.4, 0.5) is 5.69 Å². The van der Waals surface area contributed by atoms with E-state index in [9.17, 15) is 4.79 Å². The van der Waals surface area contributed by atoms with Crippen LogP contribution in [0.15, 0.2) is 53.4 Å². The Morgan fingerprint density at radius 3 is 2.88 bits per heavy atom. The molecule has 3 rings (SSSR count).